The van der Waals surface area contributed by atoms with E-state index in [1.807, 2.05) is 11.0 Å². The van der Waals surface area contributed by atoms with Crippen LogP contribution in [0.2, 0.25) is 5.02 Å². The second kappa shape index (κ2) is 10.3. The lowest BCUT2D eigenvalue weighted by atomic mass is 9.80. The topological polar surface area (TPSA) is 59.1 Å². The van der Waals surface area contributed by atoms with E-state index in [9.17, 15) is 9.59 Å². The summed E-state index contributed by atoms with van der Waals surface area (Å²) >= 11 is 5.87. The van der Waals surface area contributed by atoms with Gasteiger partial charge in [-0.3, -0.25) is 9.59 Å². The van der Waals surface area contributed by atoms with E-state index in [1.165, 1.54) is 11.1 Å². The summed E-state index contributed by atoms with van der Waals surface area (Å²) in [5.41, 5.74) is 2.57. The number of fused-ring (bicyclic) bond motifs is 1. The molecule has 1 saturated heterocycles. The molecule has 32 heavy (non-hydrogen) atoms. The first-order chi connectivity index (χ1) is 15.5. The van der Waals surface area contributed by atoms with Crippen molar-refractivity contribution in [2.75, 3.05) is 39.9 Å². The summed E-state index contributed by atoms with van der Waals surface area (Å²) in [6.07, 6.45) is 3.68. The SMILES string of the molecule is COc1ccc2c(c1)CCCC2CC(=O)N1CCN(C(=O)COc2ccc(Cl)cc2)CC1. The summed E-state index contributed by atoms with van der Waals surface area (Å²) in [4.78, 5) is 29.1. The van der Waals surface area contributed by atoms with Crippen LogP contribution in [0, 0.1) is 0 Å². The van der Waals surface area contributed by atoms with Crippen molar-refractivity contribution in [2.24, 2.45) is 0 Å². The fourth-order valence-corrected chi connectivity index (χ4v) is 4.67. The van der Waals surface area contributed by atoms with Crippen LogP contribution >= 0.6 is 11.6 Å². The Morgan fingerprint density at radius 2 is 1.62 bits per heavy atom. The molecular weight excluding hydrogens is 428 g/mol. The zero-order chi connectivity index (χ0) is 22.5. The number of benzene rings is 2. The second-order valence-electron chi connectivity index (χ2n) is 8.36. The molecule has 2 aromatic carbocycles. The number of ether oxygens (including phenoxy) is 2. The summed E-state index contributed by atoms with van der Waals surface area (Å²) in [7, 11) is 1.68. The Bertz CT molecular complexity index is 955. The maximum absolute atomic E-state index is 13.0. The van der Waals surface area contributed by atoms with Crippen LogP contribution in [0.25, 0.3) is 0 Å². The molecule has 1 heterocycles. The van der Waals surface area contributed by atoms with Crippen LogP contribution in [0.3, 0.4) is 0 Å². The molecule has 1 aliphatic heterocycles. The first kappa shape index (κ1) is 22.5. The van der Waals surface area contributed by atoms with Crippen LogP contribution in [-0.4, -0.2) is 61.5 Å². The Kier molecular flexibility index (Phi) is 7.20. The van der Waals surface area contributed by atoms with Crippen molar-refractivity contribution in [1.82, 2.24) is 9.80 Å². The van der Waals surface area contributed by atoms with Crippen LogP contribution in [0.5, 0.6) is 11.5 Å². The maximum Gasteiger partial charge on any atom is 0.260 e. The van der Waals surface area contributed by atoms with Crippen molar-refractivity contribution in [3.63, 3.8) is 0 Å². The largest absolute Gasteiger partial charge is 0.497 e. The molecule has 2 amide bonds. The van der Waals surface area contributed by atoms with Crippen LogP contribution in [-0.2, 0) is 16.0 Å². The van der Waals surface area contributed by atoms with Crippen molar-refractivity contribution >= 4 is 23.4 Å². The van der Waals surface area contributed by atoms with Crippen molar-refractivity contribution in [1.29, 1.82) is 0 Å². The minimum Gasteiger partial charge on any atom is -0.497 e. The van der Waals surface area contributed by atoms with Crippen molar-refractivity contribution < 1.29 is 19.1 Å². The van der Waals surface area contributed by atoms with E-state index in [1.54, 1.807) is 36.3 Å². The zero-order valence-corrected chi connectivity index (χ0v) is 19.1. The Morgan fingerprint density at radius 3 is 2.31 bits per heavy atom. The number of aryl methyl sites for hydroxylation is 1. The summed E-state index contributed by atoms with van der Waals surface area (Å²) in [6, 6.07) is 13.1. The molecular formula is C25H29ClN2O4. The first-order valence-electron chi connectivity index (χ1n) is 11.1. The molecule has 0 bridgehead atoms. The fraction of sp³-hybridized carbons (Fsp3) is 0.440. The van der Waals surface area contributed by atoms with Gasteiger partial charge in [0.2, 0.25) is 5.91 Å². The van der Waals surface area contributed by atoms with E-state index in [4.69, 9.17) is 21.1 Å². The van der Waals surface area contributed by atoms with Gasteiger partial charge in [-0.05, 0) is 72.7 Å². The number of hydrogen-bond acceptors (Lipinski definition) is 4. The molecule has 2 aliphatic rings. The van der Waals surface area contributed by atoms with E-state index >= 15 is 0 Å². The molecule has 1 unspecified atom stereocenters. The normalized spacial score (nSPS) is 18.1. The third kappa shape index (κ3) is 5.36. The van der Waals surface area contributed by atoms with Gasteiger partial charge >= 0.3 is 0 Å². The predicted octanol–water partition coefficient (Wildman–Crippen LogP) is 3.91. The van der Waals surface area contributed by atoms with Crippen LogP contribution in [0.15, 0.2) is 42.5 Å². The molecule has 1 aliphatic carbocycles. The van der Waals surface area contributed by atoms with Gasteiger partial charge in [0.1, 0.15) is 11.5 Å². The van der Waals surface area contributed by atoms with Crippen LogP contribution in [0.1, 0.15) is 36.3 Å². The smallest absolute Gasteiger partial charge is 0.260 e. The number of amides is 2. The minimum atomic E-state index is -0.0674. The molecule has 1 fully saturated rings. The number of carbonyl (C=O) groups is 2. The van der Waals surface area contributed by atoms with E-state index in [-0.39, 0.29) is 24.3 Å². The lowest BCUT2D eigenvalue weighted by Gasteiger charge is -2.36. The minimum absolute atomic E-state index is 0.0160. The molecule has 2 aromatic rings. The van der Waals surface area contributed by atoms with Gasteiger partial charge in [0.05, 0.1) is 7.11 Å². The highest BCUT2D eigenvalue weighted by atomic mass is 35.5. The summed E-state index contributed by atoms with van der Waals surface area (Å²) in [5, 5.41) is 0.626. The average molecular weight is 457 g/mol. The number of hydrogen-bond donors (Lipinski definition) is 0. The summed E-state index contributed by atoms with van der Waals surface area (Å²) in [6.45, 7) is 2.18. The molecule has 170 valence electrons. The lowest BCUT2D eigenvalue weighted by Crippen LogP contribution is -2.51. The molecule has 1 atom stereocenters. The van der Waals surface area contributed by atoms with E-state index in [2.05, 4.69) is 12.1 Å². The third-order valence-corrected chi connectivity index (χ3v) is 6.62. The van der Waals surface area contributed by atoms with Crippen molar-refractivity contribution in [3.8, 4) is 11.5 Å². The summed E-state index contributed by atoms with van der Waals surface area (Å²) in [5.74, 6) is 1.84. The molecule has 0 aromatic heterocycles. The molecule has 0 spiro atoms. The molecule has 0 saturated carbocycles. The molecule has 4 rings (SSSR count). The zero-order valence-electron chi connectivity index (χ0n) is 18.4. The highest BCUT2D eigenvalue weighted by molar-refractivity contribution is 6.30. The monoisotopic (exact) mass is 456 g/mol. The van der Waals surface area contributed by atoms with Crippen molar-refractivity contribution in [3.05, 3.63) is 58.6 Å². The predicted molar refractivity (Wildman–Crippen MR) is 123 cm³/mol. The fourth-order valence-electron chi connectivity index (χ4n) is 4.54. The second-order valence-corrected chi connectivity index (χ2v) is 8.80. The highest BCUT2D eigenvalue weighted by Gasteiger charge is 2.28. The van der Waals surface area contributed by atoms with Gasteiger partial charge in [-0.2, -0.15) is 0 Å². The quantitative estimate of drug-likeness (QED) is 0.661. The van der Waals surface area contributed by atoms with Crippen LogP contribution in [0.4, 0.5) is 0 Å². The van der Waals surface area contributed by atoms with E-state index in [0.29, 0.717) is 43.4 Å². The Hall–Kier alpha value is -2.73. The number of methoxy groups -OCH3 is 1. The molecule has 0 N–H and O–H groups in total. The average Bonchev–Trinajstić information content (AvgIpc) is 2.83. The first-order valence-corrected chi connectivity index (χ1v) is 11.5. The number of carbonyl (C=O) groups excluding carboxylic acids is 2. The molecule has 0 radical (unpaired) electrons. The molecule has 7 heteroatoms. The Morgan fingerprint density at radius 1 is 0.969 bits per heavy atom. The van der Waals surface area contributed by atoms with Gasteiger partial charge in [0.15, 0.2) is 6.61 Å². The number of piperazine rings is 1. The van der Waals surface area contributed by atoms with Gasteiger partial charge in [0.25, 0.3) is 5.91 Å². The van der Waals surface area contributed by atoms with Gasteiger partial charge in [-0.1, -0.05) is 17.7 Å². The van der Waals surface area contributed by atoms with Crippen molar-refractivity contribution in [2.45, 2.75) is 31.6 Å². The van der Waals surface area contributed by atoms with Gasteiger partial charge in [-0.15, -0.1) is 0 Å². The van der Waals surface area contributed by atoms with E-state index < -0.39 is 0 Å². The van der Waals surface area contributed by atoms with Gasteiger partial charge in [0, 0.05) is 37.6 Å². The third-order valence-electron chi connectivity index (χ3n) is 6.37. The lowest BCUT2D eigenvalue weighted by molar-refractivity contribution is -0.141. The standard InChI is InChI=1S/C25H29ClN2O4/c1-31-22-9-10-23-18(15-22)3-2-4-19(23)16-24(29)27-11-13-28(14-12-27)25(30)17-32-21-7-5-20(26)6-8-21/h5-10,15,19H,2-4,11-14,16-17H2,1H3. The number of nitrogens with zero attached hydrogens (tertiary/aromatic N) is 2. The summed E-state index contributed by atoms with van der Waals surface area (Å²) < 4.78 is 10.9. The van der Waals surface area contributed by atoms with Gasteiger partial charge < -0.3 is 19.3 Å². The number of halogens is 1. The molecule has 6 nitrogen and oxygen atoms in total. The Balaban J connectivity index is 1.26. The van der Waals surface area contributed by atoms with Gasteiger partial charge in [-0.25, -0.2) is 0 Å². The number of rotatable bonds is 6. The highest BCUT2D eigenvalue weighted by Crippen LogP contribution is 2.36. The maximum atomic E-state index is 13.0. The Labute approximate surface area is 194 Å². The van der Waals surface area contributed by atoms with Crippen LogP contribution < -0.4 is 9.47 Å². The van der Waals surface area contributed by atoms with E-state index in [0.717, 1.165) is 25.0 Å².